The van der Waals surface area contributed by atoms with E-state index >= 15 is 0 Å². The Morgan fingerprint density at radius 2 is 2.14 bits per heavy atom. The molecule has 0 aromatic heterocycles. The summed E-state index contributed by atoms with van der Waals surface area (Å²) in [4.78, 5) is 35.6. The van der Waals surface area contributed by atoms with Gasteiger partial charge in [0.05, 0.1) is 18.4 Å². The Bertz CT molecular complexity index is 586. The summed E-state index contributed by atoms with van der Waals surface area (Å²) < 4.78 is 0. The molecule has 1 aromatic carbocycles. The number of nitrogens with zero attached hydrogens (tertiary/aromatic N) is 1. The molecule has 1 aromatic rings. The SMILES string of the molecule is NC(=O)C1CC(=O)N(C(CC(=O)O)c2cccc(O)c2)C1. The number of benzene rings is 1. The van der Waals surface area contributed by atoms with Crippen molar-refractivity contribution in [1.82, 2.24) is 4.90 Å². The molecule has 2 atom stereocenters. The standard InChI is InChI=1S/C14H16N2O5/c15-14(21)9-5-12(18)16(7-9)11(6-13(19)20)8-2-1-3-10(17)4-8/h1-4,9,11,17H,5-7H2,(H2,15,21)(H,19,20). The Kier molecular flexibility index (Phi) is 4.11. The van der Waals surface area contributed by atoms with E-state index in [-0.39, 0.29) is 31.0 Å². The highest BCUT2D eigenvalue weighted by Crippen LogP contribution is 2.32. The van der Waals surface area contributed by atoms with Crippen molar-refractivity contribution in [3.8, 4) is 5.75 Å². The van der Waals surface area contributed by atoms with Gasteiger partial charge in [-0.1, -0.05) is 12.1 Å². The monoisotopic (exact) mass is 292 g/mol. The second kappa shape index (κ2) is 5.82. The number of aromatic hydroxyl groups is 1. The van der Waals surface area contributed by atoms with E-state index in [4.69, 9.17) is 10.8 Å². The minimum Gasteiger partial charge on any atom is -0.508 e. The molecule has 1 aliphatic rings. The van der Waals surface area contributed by atoms with E-state index in [1.807, 2.05) is 0 Å². The van der Waals surface area contributed by atoms with Gasteiger partial charge in [-0.05, 0) is 17.7 Å². The molecule has 7 nitrogen and oxygen atoms in total. The molecule has 7 heteroatoms. The van der Waals surface area contributed by atoms with Crippen LogP contribution in [0.3, 0.4) is 0 Å². The molecular weight excluding hydrogens is 276 g/mol. The van der Waals surface area contributed by atoms with Gasteiger partial charge < -0.3 is 20.8 Å². The van der Waals surface area contributed by atoms with Crippen LogP contribution in [0.2, 0.25) is 0 Å². The minimum atomic E-state index is -1.07. The summed E-state index contributed by atoms with van der Waals surface area (Å²) in [6.45, 7) is 0.0990. The molecule has 1 fully saturated rings. The number of carboxylic acid groups (broad SMARTS) is 1. The predicted octanol–water partition coefficient (Wildman–Crippen LogP) is 0.242. The molecule has 21 heavy (non-hydrogen) atoms. The van der Waals surface area contributed by atoms with Crippen LogP contribution >= 0.6 is 0 Å². The topological polar surface area (TPSA) is 121 Å². The van der Waals surface area contributed by atoms with Gasteiger partial charge in [0, 0.05) is 13.0 Å². The van der Waals surface area contributed by atoms with Crippen LogP contribution in [0, 0.1) is 5.92 Å². The Labute approximate surface area is 121 Å². The number of primary amides is 1. The summed E-state index contributed by atoms with van der Waals surface area (Å²) in [6.07, 6.45) is -0.315. The van der Waals surface area contributed by atoms with Gasteiger partial charge in [0.15, 0.2) is 0 Å². The molecular formula is C14H16N2O5. The van der Waals surface area contributed by atoms with Crippen molar-refractivity contribution in [2.75, 3.05) is 6.54 Å². The maximum atomic E-state index is 12.0. The van der Waals surface area contributed by atoms with E-state index in [9.17, 15) is 19.5 Å². The highest BCUT2D eigenvalue weighted by atomic mass is 16.4. The first-order valence-electron chi connectivity index (χ1n) is 6.48. The zero-order valence-electron chi connectivity index (χ0n) is 11.2. The number of carbonyl (C=O) groups excluding carboxylic acids is 2. The first-order chi connectivity index (χ1) is 9.88. The Morgan fingerprint density at radius 3 is 2.67 bits per heavy atom. The van der Waals surface area contributed by atoms with E-state index in [1.54, 1.807) is 12.1 Å². The van der Waals surface area contributed by atoms with E-state index in [1.165, 1.54) is 17.0 Å². The van der Waals surface area contributed by atoms with Crippen molar-refractivity contribution in [3.05, 3.63) is 29.8 Å². The molecule has 2 unspecified atom stereocenters. The highest BCUT2D eigenvalue weighted by molar-refractivity contribution is 5.89. The summed E-state index contributed by atoms with van der Waals surface area (Å²) in [5.41, 5.74) is 5.72. The fourth-order valence-corrected chi connectivity index (χ4v) is 2.53. The number of carbonyl (C=O) groups is 3. The van der Waals surface area contributed by atoms with Gasteiger partial charge in [-0.15, -0.1) is 0 Å². The molecule has 1 saturated heterocycles. The maximum absolute atomic E-state index is 12.0. The van der Waals surface area contributed by atoms with Crippen LogP contribution in [-0.2, 0) is 14.4 Å². The fourth-order valence-electron chi connectivity index (χ4n) is 2.53. The number of phenolic OH excluding ortho intramolecular Hbond substituents is 1. The van der Waals surface area contributed by atoms with E-state index in [0.29, 0.717) is 5.56 Å². The average molecular weight is 292 g/mol. The number of amides is 2. The average Bonchev–Trinajstić information content (AvgIpc) is 2.78. The molecule has 0 spiro atoms. The van der Waals surface area contributed by atoms with E-state index < -0.39 is 23.8 Å². The van der Waals surface area contributed by atoms with Crippen LogP contribution in [0.5, 0.6) is 5.75 Å². The molecule has 1 aliphatic heterocycles. The second-order valence-electron chi connectivity index (χ2n) is 5.06. The zero-order chi connectivity index (χ0) is 15.6. The maximum Gasteiger partial charge on any atom is 0.305 e. The first kappa shape index (κ1) is 14.8. The summed E-state index contributed by atoms with van der Waals surface area (Å²) in [5.74, 6) is -2.57. The quantitative estimate of drug-likeness (QED) is 0.718. The van der Waals surface area contributed by atoms with E-state index in [0.717, 1.165) is 0 Å². The molecule has 0 aliphatic carbocycles. The molecule has 1 heterocycles. The van der Waals surface area contributed by atoms with Crippen molar-refractivity contribution >= 4 is 17.8 Å². The molecule has 4 N–H and O–H groups in total. The molecule has 0 bridgehead atoms. The molecule has 112 valence electrons. The number of nitrogens with two attached hydrogens (primary N) is 1. The predicted molar refractivity (Wildman–Crippen MR) is 72.1 cm³/mol. The number of carboxylic acids is 1. The number of hydrogen-bond donors (Lipinski definition) is 3. The second-order valence-corrected chi connectivity index (χ2v) is 5.06. The summed E-state index contributed by atoms with van der Waals surface area (Å²) in [5, 5.41) is 18.6. The number of rotatable bonds is 5. The molecule has 2 amide bonds. The Hall–Kier alpha value is -2.57. The summed E-state index contributed by atoms with van der Waals surface area (Å²) in [7, 11) is 0. The smallest absolute Gasteiger partial charge is 0.305 e. The third kappa shape index (κ3) is 3.31. The number of hydrogen-bond acceptors (Lipinski definition) is 4. The minimum absolute atomic E-state index is 0.00965. The number of phenols is 1. The van der Waals surface area contributed by atoms with Crippen molar-refractivity contribution < 1.29 is 24.6 Å². The van der Waals surface area contributed by atoms with Gasteiger partial charge in [0.25, 0.3) is 0 Å². The van der Waals surface area contributed by atoms with Crippen molar-refractivity contribution in [2.45, 2.75) is 18.9 Å². The lowest BCUT2D eigenvalue weighted by atomic mass is 10.0. The molecule has 0 saturated carbocycles. The Morgan fingerprint density at radius 1 is 1.43 bits per heavy atom. The zero-order valence-corrected chi connectivity index (χ0v) is 11.2. The van der Waals surface area contributed by atoms with Gasteiger partial charge in [-0.25, -0.2) is 0 Å². The normalized spacial score (nSPS) is 19.5. The lowest BCUT2D eigenvalue weighted by Crippen LogP contribution is -2.33. The lowest BCUT2D eigenvalue weighted by molar-refractivity contribution is -0.139. The summed E-state index contributed by atoms with van der Waals surface area (Å²) in [6, 6.07) is 5.35. The third-order valence-corrected chi connectivity index (χ3v) is 3.56. The van der Waals surface area contributed by atoms with Crippen LogP contribution in [0.4, 0.5) is 0 Å². The lowest BCUT2D eigenvalue weighted by Gasteiger charge is -2.27. The van der Waals surface area contributed by atoms with Gasteiger partial charge in [-0.2, -0.15) is 0 Å². The van der Waals surface area contributed by atoms with Gasteiger partial charge in [0.1, 0.15) is 5.75 Å². The molecule has 0 radical (unpaired) electrons. The van der Waals surface area contributed by atoms with E-state index in [2.05, 4.69) is 0 Å². The van der Waals surface area contributed by atoms with Gasteiger partial charge in [0.2, 0.25) is 11.8 Å². The first-order valence-corrected chi connectivity index (χ1v) is 6.48. The fraction of sp³-hybridized carbons (Fsp3) is 0.357. The van der Waals surface area contributed by atoms with Gasteiger partial charge in [-0.3, -0.25) is 14.4 Å². The highest BCUT2D eigenvalue weighted by Gasteiger charge is 2.38. The molecule has 2 rings (SSSR count). The van der Waals surface area contributed by atoms with Crippen molar-refractivity contribution in [1.29, 1.82) is 0 Å². The van der Waals surface area contributed by atoms with Crippen molar-refractivity contribution in [2.24, 2.45) is 11.7 Å². The van der Waals surface area contributed by atoms with Crippen LogP contribution < -0.4 is 5.73 Å². The van der Waals surface area contributed by atoms with Crippen LogP contribution in [0.1, 0.15) is 24.4 Å². The van der Waals surface area contributed by atoms with Gasteiger partial charge >= 0.3 is 5.97 Å². The third-order valence-electron chi connectivity index (χ3n) is 3.56. The van der Waals surface area contributed by atoms with Crippen LogP contribution in [0.25, 0.3) is 0 Å². The van der Waals surface area contributed by atoms with Crippen LogP contribution in [-0.4, -0.2) is 39.4 Å². The van der Waals surface area contributed by atoms with Crippen molar-refractivity contribution in [3.63, 3.8) is 0 Å². The largest absolute Gasteiger partial charge is 0.508 e. The number of likely N-dealkylation sites (tertiary alicyclic amines) is 1. The summed E-state index contributed by atoms with van der Waals surface area (Å²) >= 11 is 0. The van der Waals surface area contributed by atoms with Crippen LogP contribution in [0.15, 0.2) is 24.3 Å². The Balaban J connectivity index is 2.30. The number of aliphatic carboxylic acids is 1.